The molecule has 0 bridgehead atoms. The zero-order chi connectivity index (χ0) is 17.0. The topological polar surface area (TPSA) is 64.4 Å². The molecule has 0 aliphatic carbocycles. The van der Waals surface area contributed by atoms with Crippen molar-refractivity contribution in [2.45, 2.75) is 32.4 Å². The van der Waals surface area contributed by atoms with Gasteiger partial charge in [-0.3, -0.25) is 0 Å². The van der Waals surface area contributed by atoms with Gasteiger partial charge in [0.2, 0.25) is 0 Å². The fourth-order valence-electron chi connectivity index (χ4n) is 2.57. The van der Waals surface area contributed by atoms with Crippen molar-refractivity contribution in [2.24, 2.45) is 0 Å². The van der Waals surface area contributed by atoms with Gasteiger partial charge in [0.15, 0.2) is 17.3 Å². The number of ether oxygens (including phenoxy) is 1. The number of imidazole rings is 1. The van der Waals surface area contributed by atoms with Crippen LogP contribution in [0.4, 0.5) is 8.78 Å². The number of carbonyl (C=O) groups is 1. The standard InChI is InChI=1S/C16H18F2N2O3/c1-3-4-14(10-5-6-11(17)12(18)7-10)20-9-19-13(8-23-2)15(20)16(21)22/h5-7,9,14H,3-4,8H2,1-2H3,(H,21,22). The van der Waals surface area contributed by atoms with Crippen molar-refractivity contribution >= 4 is 5.97 Å². The third-order valence-electron chi connectivity index (χ3n) is 3.58. The van der Waals surface area contributed by atoms with Gasteiger partial charge in [0.1, 0.15) is 0 Å². The molecule has 124 valence electrons. The van der Waals surface area contributed by atoms with E-state index in [2.05, 4.69) is 4.98 Å². The molecule has 1 unspecified atom stereocenters. The first-order chi connectivity index (χ1) is 11.0. The van der Waals surface area contributed by atoms with Gasteiger partial charge in [-0.1, -0.05) is 19.4 Å². The first-order valence-electron chi connectivity index (χ1n) is 7.22. The Morgan fingerprint density at radius 2 is 2.13 bits per heavy atom. The van der Waals surface area contributed by atoms with E-state index in [9.17, 15) is 18.7 Å². The van der Waals surface area contributed by atoms with Crippen molar-refractivity contribution in [3.05, 3.63) is 53.1 Å². The summed E-state index contributed by atoms with van der Waals surface area (Å²) < 4.78 is 33.1. The minimum Gasteiger partial charge on any atom is -0.477 e. The average molecular weight is 324 g/mol. The molecule has 0 amide bonds. The van der Waals surface area contributed by atoms with Gasteiger partial charge >= 0.3 is 5.97 Å². The fourth-order valence-corrected chi connectivity index (χ4v) is 2.57. The maximum absolute atomic E-state index is 13.5. The number of hydrogen-bond donors (Lipinski definition) is 1. The van der Waals surface area contributed by atoms with E-state index in [1.165, 1.54) is 24.1 Å². The van der Waals surface area contributed by atoms with E-state index in [-0.39, 0.29) is 12.3 Å². The Morgan fingerprint density at radius 3 is 2.70 bits per heavy atom. The molecule has 2 aromatic rings. The van der Waals surface area contributed by atoms with E-state index >= 15 is 0 Å². The van der Waals surface area contributed by atoms with Crippen LogP contribution in [0.25, 0.3) is 0 Å². The zero-order valence-corrected chi connectivity index (χ0v) is 12.9. The molecule has 0 aliphatic rings. The minimum atomic E-state index is -1.14. The van der Waals surface area contributed by atoms with E-state index in [1.807, 2.05) is 6.92 Å². The lowest BCUT2D eigenvalue weighted by Crippen LogP contribution is -2.17. The summed E-state index contributed by atoms with van der Waals surface area (Å²) >= 11 is 0. The van der Waals surface area contributed by atoms with Crippen molar-refractivity contribution < 1.29 is 23.4 Å². The lowest BCUT2D eigenvalue weighted by atomic mass is 10.0. The molecule has 0 spiro atoms. The molecule has 23 heavy (non-hydrogen) atoms. The van der Waals surface area contributed by atoms with Crippen LogP contribution < -0.4 is 0 Å². The molecule has 0 saturated heterocycles. The molecule has 1 aromatic heterocycles. The summed E-state index contributed by atoms with van der Waals surface area (Å²) in [6.45, 7) is 1.99. The highest BCUT2D eigenvalue weighted by atomic mass is 19.2. The molecule has 0 radical (unpaired) electrons. The Morgan fingerprint density at radius 1 is 1.39 bits per heavy atom. The molecule has 0 fully saturated rings. The highest BCUT2D eigenvalue weighted by molar-refractivity contribution is 5.87. The third kappa shape index (κ3) is 3.56. The summed E-state index contributed by atoms with van der Waals surface area (Å²) in [4.78, 5) is 15.7. The first-order valence-corrected chi connectivity index (χ1v) is 7.22. The van der Waals surface area contributed by atoms with E-state index < -0.39 is 23.6 Å². The van der Waals surface area contributed by atoms with E-state index in [1.54, 1.807) is 0 Å². The maximum atomic E-state index is 13.5. The third-order valence-corrected chi connectivity index (χ3v) is 3.58. The largest absolute Gasteiger partial charge is 0.477 e. The summed E-state index contributed by atoms with van der Waals surface area (Å²) in [5.41, 5.74) is 0.785. The van der Waals surface area contributed by atoms with Gasteiger partial charge in [-0.2, -0.15) is 0 Å². The highest BCUT2D eigenvalue weighted by Crippen LogP contribution is 2.28. The Kier molecular flexibility index (Phi) is 5.44. The average Bonchev–Trinajstić information content (AvgIpc) is 2.92. The van der Waals surface area contributed by atoms with Crippen LogP contribution in [0.1, 0.15) is 47.6 Å². The Bertz CT molecular complexity index is 701. The second-order valence-electron chi connectivity index (χ2n) is 5.16. The molecule has 0 saturated carbocycles. The predicted octanol–water partition coefficient (Wildman–Crippen LogP) is 3.40. The molecule has 1 N–H and O–H groups in total. The van der Waals surface area contributed by atoms with Crippen LogP contribution in [0.2, 0.25) is 0 Å². The van der Waals surface area contributed by atoms with E-state index in [4.69, 9.17) is 4.74 Å². The number of methoxy groups -OCH3 is 1. The summed E-state index contributed by atoms with van der Waals surface area (Å²) in [5.74, 6) is -3.04. The van der Waals surface area contributed by atoms with Gasteiger partial charge in [-0.05, 0) is 24.1 Å². The molecule has 0 aliphatic heterocycles. The van der Waals surface area contributed by atoms with Crippen LogP contribution in [-0.4, -0.2) is 27.7 Å². The SMILES string of the molecule is CCCC(c1ccc(F)c(F)c1)n1cnc(COC)c1C(=O)O. The minimum absolute atomic E-state index is 0.00460. The van der Waals surface area contributed by atoms with Gasteiger partial charge in [0, 0.05) is 7.11 Å². The molecule has 7 heteroatoms. The van der Waals surface area contributed by atoms with Gasteiger partial charge < -0.3 is 14.4 Å². The quantitative estimate of drug-likeness (QED) is 0.848. The number of aromatic carboxylic acids is 1. The van der Waals surface area contributed by atoms with Crippen molar-refractivity contribution in [2.75, 3.05) is 7.11 Å². The van der Waals surface area contributed by atoms with Crippen LogP contribution >= 0.6 is 0 Å². The molecule has 5 nitrogen and oxygen atoms in total. The van der Waals surface area contributed by atoms with Gasteiger partial charge in [0.05, 0.1) is 24.7 Å². The van der Waals surface area contributed by atoms with Crippen molar-refractivity contribution in [1.29, 1.82) is 0 Å². The van der Waals surface area contributed by atoms with Gasteiger partial charge in [0.25, 0.3) is 0 Å². The predicted molar refractivity (Wildman–Crippen MR) is 79.3 cm³/mol. The molecule has 1 atom stereocenters. The summed E-state index contributed by atoms with van der Waals surface area (Å²) in [7, 11) is 1.45. The van der Waals surface area contributed by atoms with Crippen molar-refractivity contribution in [3.8, 4) is 0 Å². The highest BCUT2D eigenvalue weighted by Gasteiger charge is 2.24. The molecule has 2 rings (SSSR count). The van der Waals surface area contributed by atoms with Gasteiger partial charge in [-0.15, -0.1) is 0 Å². The van der Waals surface area contributed by atoms with Crippen LogP contribution in [0.5, 0.6) is 0 Å². The molecular formula is C16H18F2N2O3. The first kappa shape index (κ1) is 17.1. The number of benzene rings is 1. The normalized spacial score (nSPS) is 12.3. The Hall–Kier alpha value is -2.28. The van der Waals surface area contributed by atoms with Crippen molar-refractivity contribution in [3.63, 3.8) is 0 Å². The Labute approximate surface area is 132 Å². The second kappa shape index (κ2) is 7.32. The number of nitrogens with zero attached hydrogens (tertiary/aromatic N) is 2. The van der Waals surface area contributed by atoms with Crippen LogP contribution in [0, 0.1) is 11.6 Å². The van der Waals surface area contributed by atoms with Crippen LogP contribution in [0.3, 0.4) is 0 Å². The summed E-state index contributed by atoms with van der Waals surface area (Å²) in [5, 5.41) is 9.47. The fraction of sp³-hybridized carbons (Fsp3) is 0.375. The maximum Gasteiger partial charge on any atom is 0.354 e. The smallest absolute Gasteiger partial charge is 0.354 e. The lowest BCUT2D eigenvalue weighted by Gasteiger charge is -2.20. The van der Waals surface area contributed by atoms with E-state index in [0.29, 0.717) is 17.7 Å². The number of aromatic nitrogens is 2. The second-order valence-corrected chi connectivity index (χ2v) is 5.16. The number of carboxylic acid groups (broad SMARTS) is 1. The Balaban J connectivity index is 2.53. The summed E-state index contributed by atoms with van der Waals surface area (Å²) in [6.07, 6.45) is 2.70. The molecule has 1 heterocycles. The zero-order valence-electron chi connectivity index (χ0n) is 12.9. The number of halogens is 2. The molecule has 1 aromatic carbocycles. The number of hydrogen-bond acceptors (Lipinski definition) is 3. The van der Waals surface area contributed by atoms with Crippen molar-refractivity contribution in [1.82, 2.24) is 9.55 Å². The van der Waals surface area contributed by atoms with E-state index in [0.717, 1.165) is 18.6 Å². The van der Waals surface area contributed by atoms with Crippen LogP contribution in [0.15, 0.2) is 24.5 Å². The number of rotatable bonds is 7. The van der Waals surface area contributed by atoms with Crippen LogP contribution in [-0.2, 0) is 11.3 Å². The monoisotopic (exact) mass is 324 g/mol. The molecular weight excluding hydrogens is 306 g/mol. The summed E-state index contributed by atoms with van der Waals surface area (Å²) in [6, 6.07) is 3.15. The lowest BCUT2D eigenvalue weighted by molar-refractivity contribution is 0.0677. The number of carboxylic acids is 1. The van der Waals surface area contributed by atoms with Gasteiger partial charge in [-0.25, -0.2) is 18.6 Å².